The Morgan fingerprint density at radius 3 is 2.56 bits per heavy atom. The lowest BCUT2D eigenvalue weighted by molar-refractivity contribution is 0.441. The van der Waals surface area contributed by atoms with Gasteiger partial charge >= 0.3 is 6.01 Å². The van der Waals surface area contributed by atoms with Gasteiger partial charge in [0.05, 0.1) is 5.02 Å². The maximum Gasteiger partial charge on any atom is 0.321 e. The monoisotopic (exact) mass is 410 g/mol. The molecule has 1 aromatic carbocycles. The molecule has 6 heteroatoms. The first kappa shape index (κ1) is 12.1. The van der Waals surface area contributed by atoms with Crippen LogP contribution in [0, 0.1) is 3.57 Å². The Morgan fingerprint density at radius 1 is 1.25 bits per heavy atom. The average Bonchev–Trinajstić information content (AvgIpc) is 2.25. The molecule has 3 nitrogen and oxygen atoms in total. The quantitative estimate of drug-likeness (QED) is 0.692. The van der Waals surface area contributed by atoms with Crippen molar-refractivity contribution in [3.63, 3.8) is 0 Å². The zero-order valence-electron chi connectivity index (χ0n) is 7.82. The maximum absolute atomic E-state index is 6.00. The summed E-state index contributed by atoms with van der Waals surface area (Å²) in [6.07, 6.45) is 3.35. The summed E-state index contributed by atoms with van der Waals surface area (Å²) >= 11 is 11.4. The van der Waals surface area contributed by atoms with Crippen molar-refractivity contribution in [3.8, 4) is 11.8 Å². The molecule has 0 saturated carbocycles. The van der Waals surface area contributed by atoms with Gasteiger partial charge in [-0.25, -0.2) is 9.97 Å². The normalized spacial score (nSPS) is 10.2. The van der Waals surface area contributed by atoms with Crippen molar-refractivity contribution < 1.29 is 4.74 Å². The van der Waals surface area contributed by atoms with Crippen molar-refractivity contribution in [2.24, 2.45) is 0 Å². The van der Waals surface area contributed by atoms with E-state index in [0.717, 1.165) is 8.04 Å². The molecule has 0 radical (unpaired) electrons. The third-order valence-electron chi connectivity index (χ3n) is 1.69. The van der Waals surface area contributed by atoms with Gasteiger partial charge in [-0.15, -0.1) is 0 Å². The fourth-order valence-corrected chi connectivity index (χ4v) is 2.00. The molecule has 16 heavy (non-hydrogen) atoms. The van der Waals surface area contributed by atoms with Crippen LogP contribution in [0.25, 0.3) is 0 Å². The molecular formula is C10H5BrClIN2O. The number of ether oxygens (including phenoxy) is 1. The Kier molecular flexibility index (Phi) is 3.99. The summed E-state index contributed by atoms with van der Waals surface area (Å²) in [4.78, 5) is 8.05. The molecule has 0 aliphatic heterocycles. The van der Waals surface area contributed by atoms with E-state index < -0.39 is 0 Å². The third kappa shape index (κ3) is 3.05. The van der Waals surface area contributed by atoms with E-state index in [1.165, 1.54) is 0 Å². The molecule has 0 N–H and O–H groups in total. The number of halogens is 3. The average molecular weight is 411 g/mol. The predicted octanol–water partition coefficient (Wildman–Crippen LogP) is 4.29. The summed E-state index contributed by atoms with van der Waals surface area (Å²) in [6.45, 7) is 0. The van der Waals surface area contributed by atoms with Crippen LogP contribution >= 0.6 is 50.1 Å². The highest BCUT2D eigenvalue weighted by atomic mass is 127. The molecule has 2 rings (SSSR count). The summed E-state index contributed by atoms with van der Waals surface area (Å²) in [7, 11) is 0. The number of hydrogen-bond acceptors (Lipinski definition) is 3. The minimum absolute atomic E-state index is 0.282. The van der Waals surface area contributed by atoms with Gasteiger partial charge in [-0.3, -0.25) is 0 Å². The van der Waals surface area contributed by atoms with E-state index in [-0.39, 0.29) is 6.01 Å². The van der Waals surface area contributed by atoms with Crippen LogP contribution in [-0.2, 0) is 0 Å². The molecule has 0 fully saturated rings. The van der Waals surface area contributed by atoms with Crippen molar-refractivity contribution in [3.05, 3.63) is 43.7 Å². The number of rotatable bonds is 2. The second-order valence-electron chi connectivity index (χ2n) is 2.86. The molecule has 0 spiro atoms. The van der Waals surface area contributed by atoms with E-state index in [4.69, 9.17) is 16.3 Å². The minimum Gasteiger partial charge on any atom is -0.423 e. The molecule has 0 unspecified atom stereocenters. The standard InChI is InChI=1S/C10H5BrClIN2O/c11-6-1-2-9(8(12)3-6)16-10-14-4-7(13)5-15-10/h1-5H. The van der Waals surface area contributed by atoms with E-state index >= 15 is 0 Å². The van der Waals surface area contributed by atoms with Crippen molar-refractivity contribution in [2.75, 3.05) is 0 Å². The Hall–Kier alpha value is -0.400. The molecule has 82 valence electrons. The number of hydrogen-bond donors (Lipinski definition) is 0. The second-order valence-corrected chi connectivity index (χ2v) is 5.43. The molecule has 0 amide bonds. The van der Waals surface area contributed by atoms with E-state index in [1.807, 2.05) is 6.07 Å². The molecule has 0 atom stereocenters. The fraction of sp³-hybridized carbons (Fsp3) is 0. The van der Waals surface area contributed by atoms with Crippen LogP contribution in [0.1, 0.15) is 0 Å². The summed E-state index contributed by atoms with van der Waals surface area (Å²) in [6, 6.07) is 5.63. The van der Waals surface area contributed by atoms with Crippen LogP contribution < -0.4 is 4.74 Å². The van der Waals surface area contributed by atoms with Gasteiger partial charge in [0.2, 0.25) is 0 Å². The van der Waals surface area contributed by atoms with Gasteiger partial charge in [0.15, 0.2) is 0 Å². The zero-order valence-corrected chi connectivity index (χ0v) is 12.3. The minimum atomic E-state index is 0.282. The molecule has 0 aliphatic carbocycles. The number of nitrogens with zero attached hydrogens (tertiary/aromatic N) is 2. The summed E-state index contributed by atoms with van der Waals surface area (Å²) in [5.41, 5.74) is 0. The van der Waals surface area contributed by atoms with Gasteiger partial charge in [0.1, 0.15) is 5.75 Å². The number of aromatic nitrogens is 2. The lowest BCUT2D eigenvalue weighted by Gasteiger charge is -2.05. The van der Waals surface area contributed by atoms with E-state index in [9.17, 15) is 0 Å². The fourth-order valence-electron chi connectivity index (χ4n) is 1.01. The van der Waals surface area contributed by atoms with Crippen molar-refractivity contribution in [1.29, 1.82) is 0 Å². The molecule has 1 heterocycles. The Balaban J connectivity index is 2.23. The van der Waals surface area contributed by atoms with Gasteiger partial charge in [0.25, 0.3) is 0 Å². The van der Waals surface area contributed by atoms with Crippen LogP contribution in [0.4, 0.5) is 0 Å². The maximum atomic E-state index is 6.00. The SMILES string of the molecule is Clc1cc(Br)ccc1Oc1ncc(I)cn1. The zero-order chi connectivity index (χ0) is 11.5. The smallest absolute Gasteiger partial charge is 0.321 e. The first-order valence-corrected chi connectivity index (χ1v) is 6.50. The highest BCUT2D eigenvalue weighted by Crippen LogP contribution is 2.30. The van der Waals surface area contributed by atoms with Gasteiger partial charge in [-0.1, -0.05) is 27.5 Å². The predicted molar refractivity (Wildman–Crippen MR) is 74.0 cm³/mol. The summed E-state index contributed by atoms with van der Waals surface area (Å²) < 4.78 is 7.29. The van der Waals surface area contributed by atoms with E-state index in [2.05, 4.69) is 48.5 Å². The first-order valence-electron chi connectivity index (χ1n) is 4.25. The highest BCUT2D eigenvalue weighted by molar-refractivity contribution is 14.1. The van der Waals surface area contributed by atoms with Crippen LogP contribution in [0.3, 0.4) is 0 Å². The van der Waals surface area contributed by atoms with E-state index in [0.29, 0.717) is 10.8 Å². The molecule has 0 saturated heterocycles. The van der Waals surface area contributed by atoms with Gasteiger partial charge in [-0.2, -0.15) is 0 Å². The van der Waals surface area contributed by atoms with E-state index in [1.54, 1.807) is 24.5 Å². The van der Waals surface area contributed by atoms with Crippen molar-refractivity contribution in [2.45, 2.75) is 0 Å². The van der Waals surface area contributed by atoms with Crippen molar-refractivity contribution in [1.82, 2.24) is 9.97 Å². The van der Waals surface area contributed by atoms with Crippen LogP contribution in [-0.4, -0.2) is 9.97 Å². The van der Waals surface area contributed by atoms with Gasteiger partial charge in [-0.05, 0) is 40.8 Å². The summed E-state index contributed by atoms with van der Waals surface area (Å²) in [5.74, 6) is 0.533. The molecule has 0 aliphatic rings. The molecule has 2 aromatic rings. The van der Waals surface area contributed by atoms with Crippen LogP contribution in [0.15, 0.2) is 35.1 Å². The highest BCUT2D eigenvalue weighted by Gasteiger charge is 2.05. The largest absolute Gasteiger partial charge is 0.423 e. The number of benzene rings is 1. The molecular weight excluding hydrogens is 406 g/mol. The Labute approximate surface area is 119 Å². The Bertz CT molecular complexity index is 507. The lowest BCUT2D eigenvalue weighted by Crippen LogP contribution is -1.92. The van der Waals surface area contributed by atoms with Crippen molar-refractivity contribution >= 4 is 50.1 Å². The Morgan fingerprint density at radius 2 is 1.94 bits per heavy atom. The van der Waals surface area contributed by atoms with Crippen LogP contribution in [0.2, 0.25) is 5.02 Å². The summed E-state index contributed by atoms with van der Waals surface area (Å²) in [5, 5.41) is 0.511. The molecule has 0 bridgehead atoms. The second kappa shape index (κ2) is 5.29. The first-order chi connectivity index (χ1) is 7.65. The lowest BCUT2D eigenvalue weighted by atomic mass is 10.3. The van der Waals surface area contributed by atoms with Gasteiger partial charge < -0.3 is 4.74 Å². The third-order valence-corrected chi connectivity index (χ3v) is 3.04. The topological polar surface area (TPSA) is 35.0 Å². The van der Waals surface area contributed by atoms with Crippen LogP contribution in [0.5, 0.6) is 11.8 Å². The molecule has 1 aromatic heterocycles. The van der Waals surface area contributed by atoms with Gasteiger partial charge in [0, 0.05) is 20.4 Å².